The molecular formula is C6H12Cl12. The minimum absolute atomic E-state index is 0.194. The van der Waals surface area contributed by atoms with E-state index in [4.69, 9.17) is 139 Å². The zero-order chi connectivity index (χ0) is 16.2. The summed E-state index contributed by atoms with van der Waals surface area (Å²) < 4.78 is 0. The first kappa shape index (κ1) is 37.6. The van der Waals surface area contributed by atoms with E-state index in [-0.39, 0.29) is 32.0 Å². The van der Waals surface area contributed by atoms with Gasteiger partial charge >= 0.3 is 0 Å². The lowest BCUT2D eigenvalue weighted by Crippen LogP contribution is -1.24. The molecule has 0 bridgehead atoms. The van der Waals surface area contributed by atoms with E-state index in [0.29, 0.717) is 0 Å². The van der Waals surface area contributed by atoms with E-state index >= 15 is 0 Å². The molecule has 0 spiro atoms. The Morgan fingerprint density at radius 3 is 0.222 bits per heavy atom. The maximum absolute atomic E-state index is 4.76. The number of hydrogen-bond acceptors (Lipinski definition) is 0. The highest BCUT2D eigenvalue weighted by molar-refractivity contribution is 6.42. The van der Waals surface area contributed by atoms with Gasteiger partial charge in [-0.1, -0.05) is 0 Å². The van der Waals surface area contributed by atoms with Crippen LogP contribution in [0.25, 0.3) is 0 Å². The third-order valence-corrected chi connectivity index (χ3v) is 0. The Kier molecular flexibility index (Phi) is 181. The van der Waals surface area contributed by atoms with Gasteiger partial charge in [-0.2, -0.15) is 0 Å². The van der Waals surface area contributed by atoms with E-state index in [1.54, 1.807) is 0 Å². The average Bonchev–Trinajstić information content (AvgIpc) is 2.23. The average molecular weight is 510 g/mol. The van der Waals surface area contributed by atoms with Crippen LogP contribution in [0.4, 0.5) is 0 Å². The number of hydrogen-bond donors (Lipinski definition) is 0. The van der Waals surface area contributed by atoms with Gasteiger partial charge in [0.05, 0.1) is 32.0 Å². The van der Waals surface area contributed by atoms with Gasteiger partial charge in [0.2, 0.25) is 0 Å². The first-order chi connectivity index (χ1) is 8.49. The van der Waals surface area contributed by atoms with Crippen molar-refractivity contribution in [3.05, 3.63) is 0 Å². The smallest absolute Gasteiger partial charge is 0.0967 e. The Bertz CT molecular complexity index is 32.0. The van der Waals surface area contributed by atoms with Gasteiger partial charge in [0.1, 0.15) is 0 Å². The lowest BCUT2D eigenvalue weighted by Gasteiger charge is -1.42. The summed E-state index contributed by atoms with van der Waals surface area (Å²) in [6.45, 7) is 0. The van der Waals surface area contributed by atoms with Gasteiger partial charge in [-0.3, -0.25) is 0 Å². The van der Waals surface area contributed by atoms with Crippen LogP contribution in [0, 0.1) is 0 Å². The summed E-state index contributed by atoms with van der Waals surface area (Å²) in [5.74, 6) is 0. The van der Waals surface area contributed by atoms with Crippen molar-refractivity contribution in [2.75, 3.05) is 32.0 Å². The summed E-state index contributed by atoms with van der Waals surface area (Å²) in [7, 11) is 0. The highest BCUT2D eigenvalue weighted by Gasteiger charge is 1.43. The molecule has 0 rings (SSSR count). The van der Waals surface area contributed by atoms with Crippen molar-refractivity contribution in [1.29, 1.82) is 0 Å². The summed E-state index contributed by atoms with van der Waals surface area (Å²) in [6, 6.07) is 0. The van der Waals surface area contributed by atoms with Crippen LogP contribution < -0.4 is 0 Å². The Morgan fingerprint density at radius 2 is 0.222 bits per heavy atom. The van der Waals surface area contributed by atoms with E-state index in [9.17, 15) is 0 Å². The fourth-order valence-electron chi connectivity index (χ4n) is 0. The molecule has 12 heteroatoms. The lowest BCUT2D eigenvalue weighted by molar-refractivity contribution is 2.20. The zero-order valence-electron chi connectivity index (χ0n) is 8.78. The summed E-state index contributed by atoms with van der Waals surface area (Å²) >= 11 is 57.2. The predicted octanol–water partition coefficient (Wildman–Crippen LogP) is 8.53. The van der Waals surface area contributed by atoms with E-state index in [1.807, 2.05) is 0 Å². The third-order valence-electron chi connectivity index (χ3n) is 0. The SMILES string of the molecule is ClCCl.ClCCl.ClCCl.ClCCl.ClCCl.ClCCl. The molecule has 0 aliphatic carbocycles. The quantitative estimate of drug-likeness (QED) is 0.287. The highest BCUT2D eigenvalue weighted by Crippen LogP contribution is 1.74. The third kappa shape index (κ3) is 549. The molecule has 0 unspecified atom stereocenters. The Labute approximate surface area is 169 Å². The second-order valence-corrected chi connectivity index (χ2v) is 5.45. The fraction of sp³-hybridized carbons (Fsp3) is 1.00. The van der Waals surface area contributed by atoms with Crippen molar-refractivity contribution < 1.29 is 0 Å². The molecule has 0 fully saturated rings. The standard InChI is InChI=1S/6CH2Cl2/c6*2-1-3/h6*1H2. The highest BCUT2D eigenvalue weighted by atomic mass is 35.5. The monoisotopic (exact) mass is 504 g/mol. The van der Waals surface area contributed by atoms with Crippen molar-refractivity contribution in [2.45, 2.75) is 0 Å². The normalized spacial score (nSPS) is 6.00. The molecule has 120 valence electrons. The van der Waals surface area contributed by atoms with Crippen molar-refractivity contribution >= 4 is 139 Å². The predicted molar refractivity (Wildman–Crippen MR) is 99.4 cm³/mol. The number of rotatable bonds is 0. The summed E-state index contributed by atoms with van der Waals surface area (Å²) in [4.78, 5) is 0. The number of alkyl halides is 12. The molecule has 0 atom stereocenters. The van der Waals surface area contributed by atoms with Gasteiger partial charge in [0, 0.05) is 0 Å². The molecule has 0 aliphatic rings. The molecule has 0 nitrogen and oxygen atoms in total. The molecule has 18 heavy (non-hydrogen) atoms. The maximum Gasteiger partial charge on any atom is 0.0967 e. The minimum atomic E-state index is 0.194. The topological polar surface area (TPSA) is 0 Å². The van der Waals surface area contributed by atoms with Crippen molar-refractivity contribution in [2.24, 2.45) is 0 Å². The van der Waals surface area contributed by atoms with Crippen molar-refractivity contribution in [3.8, 4) is 0 Å². The van der Waals surface area contributed by atoms with Crippen LogP contribution in [-0.4, -0.2) is 32.0 Å². The largest absolute Gasteiger partial charge is 0.109 e. The van der Waals surface area contributed by atoms with Crippen LogP contribution in [-0.2, 0) is 0 Å². The molecule has 0 amide bonds. The van der Waals surface area contributed by atoms with Gasteiger partial charge in [-0.15, -0.1) is 139 Å². The fourth-order valence-corrected chi connectivity index (χ4v) is 0. The van der Waals surface area contributed by atoms with Crippen LogP contribution in [0.1, 0.15) is 0 Å². The minimum Gasteiger partial charge on any atom is -0.109 e. The molecule has 0 N–H and O–H groups in total. The second kappa shape index (κ2) is 86.5. The zero-order valence-corrected chi connectivity index (χ0v) is 17.8. The Balaban J connectivity index is -0.0000000240. The first-order valence-corrected chi connectivity index (χ1v) is 9.62. The van der Waals surface area contributed by atoms with Crippen molar-refractivity contribution in [1.82, 2.24) is 0 Å². The van der Waals surface area contributed by atoms with Gasteiger partial charge in [0.15, 0.2) is 0 Å². The molecular weight excluding hydrogens is 498 g/mol. The van der Waals surface area contributed by atoms with Gasteiger partial charge in [-0.25, -0.2) is 0 Å². The lowest BCUT2D eigenvalue weighted by atomic mass is 11.9. The molecule has 0 aromatic carbocycles. The van der Waals surface area contributed by atoms with Gasteiger partial charge < -0.3 is 0 Å². The molecule has 0 aromatic rings. The summed E-state index contributed by atoms with van der Waals surface area (Å²) in [5, 5.41) is 1.17. The van der Waals surface area contributed by atoms with Crippen LogP contribution >= 0.6 is 139 Å². The maximum atomic E-state index is 4.76. The Morgan fingerprint density at radius 1 is 0.222 bits per heavy atom. The molecule has 0 aliphatic heterocycles. The molecule has 0 heterocycles. The summed E-state index contributed by atoms with van der Waals surface area (Å²) in [5.41, 5.74) is 0. The molecule has 0 saturated carbocycles. The number of halogens is 12. The van der Waals surface area contributed by atoms with Crippen LogP contribution in [0.3, 0.4) is 0 Å². The van der Waals surface area contributed by atoms with E-state index in [2.05, 4.69) is 0 Å². The van der Waals surface area contributed by atoms with Crippen molar-refractivity contribution in [3.63, 3.8) is 0 Å². The van der Waals surface area contributed by atoms with E-state index in [0.717, 1.165) is 0 Å². The van der Waals surface area contributed by atoms with Gasteiger partial charge in [0.25, 0.3) is 0 Å². The van der Waals surface area contributed by atoms with Crippen LogP contribution in [0.2, 0.25) is 0 Å². The van der Waals surface area contributed by atoms with E-state index in [1.165, 1.54) is 0 Å². The summed E-state index contributed by atoms with van der Waals surface area (Å²) in [6.07, 6.45) is 0. The van der Waals surface area contributed by atoms with Crippen LogP contribution in [0.5, 0.6) is 0 Å². The first-order valence-electron chi connectivity index (χ1n) is 3.21. The second-order valence-electron chi connectivity index (χ2n) is 0.606. The Hall–Kier alpha value is 3.48. The molecule has 0 aromatic heterocycles. The van der Waals surface area contributed by atoms with E-state index < -0.39 is 0 Å². The molecule has 0 radical (unpaired) electrons. The van der Waals surface area contributed by atoms with Crippen LogP contribution in [0.15, 0.2) is 0 Å². The molecule has 0 saturated heterocycles. The van der Waals surface area contributed by atoms with Gasteiger partial charge in [-0.05, 0) is 0 Å².